The fourth-order valence-corrected chi connectivity index (χ4v) is 2.96. The van der Waals surface area contributed by atoms with Crippen molar-refractivity contribution in [2.75, 3.05) is 19.3 Å². The number of sulfone groups is 1. The normalized spacial score (nSPS) is 21.1. The molecule has 0 spiro atoms. The molecule has 126 valence electrons. The summed E-state index contributed by atoms with van der Waals surface area (Å²) in [7, 11) is -3.39. The van der Waals surface area contributed by atoms with E-state index in [-0.39, 0.29) is 17.9 Å². The van der Waals surface area contributed by atoms with Gasteiger partial charge >= 0.3 is 0 Å². The van der Waals surface area contributed by atoms with Gasteiger partial charge in [0.15, 0.2) is 15.5 Å². The van der Waals surface area contributed by atoms with Gasteiger partial charge in [-0.1, -0.05) is 31.2 Å². The maximum absolute atomic E-state index is 14.8. The zero-order valence-corrected chi connectivity index (χ0v) is 14.3. The van der Waals surface area contributed by atoms with Crippen molar-refractivity contribution in [3.8, 4) is 11.8 Å². The first-order valence-corrected chi connectivity index (χ1v) is 9.24. The second kappa shape index (κ2) is 7.02. The van der Waals surface area contributed by atoms with Crippen LogP contribution in [0.3, 0.4) is 0 Å². The number of hydrogen-bond acceptors (Lipinski definition) is 4. The van der Waals surface area contributed by atoms with E-state index in [1.807, 2.05) is 0 Å². The number of alkyl halides is 1. The molecular weight excluding hydrogens is 327 g/mol. The van der Waals surface area contributed by atoms with Crippen LogP contribution in [0.1, 0.15) is 12.1 Å². The Morgan fingerprint density at radius 1 is 1.50 bits per heavy atom. The third kappa shape index (κ3) is 4.56. The van der Waals surface area contributed by atoms with Crippen molar-refractivity contribution < 1.29 is 12.8 Å². The fourth-order valence-electron chi connectivity index (χ4n) is 2.31. The van der Waals surface area contributed by atoms with Crippen LogP contribution in [0, 0.1) is 11.8 Å². The van der Waals surface area contributed by atoms with Crippen LogP contribution < -0.4 is 0 Å². The molecule has 24 heavy (non-hydrogen) atoms. The van der Waals surface area contributed by atoms with E-state index < -0.39 is 15.5 Å². The molecule has 0 amide bonds. The minimum Gasteiger partial charge on any atom is -0.368 e. The lowest BCUT2D eigenvalue weighted by Gasteiger charge is -2.19. The van der Waals surface area contributed by atoms with Crippen LogP contribution in [-0.2, 0) is 9.84 Å². The Hall–Kier alpha value is -2.39. The van der Waals surface area contributed by atoms with E-state index in [9.17, 15) is 12.8 Å². The van der Waals surface area contributed by atoms with Gasteiger partial charge in [-0.3, -0.25) is 0 Å². The van der Waals surface area contributed by atoms with Gasteiger partial charge < -0.3 is 4.90 Å². The summed E-state index contributed by atoms with van der Waals surface area (Å²) in [4.78, 5) is 5.78. The zero-order chi connectivity index (χ0) is 17.8. The molecule has 1 aliphatic rings. The lowest BCUT2D eigenvalue weighted by molar-refractivity contribution is 0.250. The smallest absolute Gasteiger partial charge is 0.190 e. The molecule has 2 heterocycles. The highest BCUT2D eigenvalue weighted by Crippen LogP contribution is 2.28. The molecule has 2 rings (SSSR count). The van der Waals surface area contributed by atoms with Crippen LogP contribution in [0.15, 0.2) is 60.3 Å². The van der Waals surface area contributed by atoms with Crippen molar-refractivity contribution in [3.05, 3.63) is 66.0 Å². The molecule has 0 radical (unpaired) electrons. The van der Waals surface area contributed by atoms with Crippen molar-refractivity contribution >= 4 is 9.84 Å². The number of hydrogen-bond donors (Lipinski definition) is 0. The number of allylic oxidation sites excluding steroid dienone is 2. The van der Waals surface area contributed by atoms with E-state index in [0.29, 0.717) is 17.9 Å². The second-order valence-electron chi connectivity index (χ2n) is 5.62. The zero-order valence-electron chi connectivity index (χ0n) is 13.5. The monoisotopic (exact) mass is 346 g/mol. The van der Waals surface area contributed by atoms with Gasteiger partial charge in [0.2, 0.25) is 0 Å². The number of nitrogens with zero attached hydrogens (tertiary/aromatic N) is 2. The molecule has 0 N–H and O–H groups in total. The predicted octanol–water partition coefficient (Wildman–Crippen LogP) is 2.48. The van der Waals surface area contributed by atoms with Crippen LogP contribution in [0.2, 0.25) is 0 Å². The molecular formula is C18H19FN2O2S. The summed E-state index contributed by atoms with van der Waals surface area (Å²) in [6.45, 7) is 7.77. The van der Waals surface area contributed by atoms with Crippen molar-refractivity contribution in [2.24, 2.45) is 0 Å². The molecule has 0 aromatic carbocycles. The van der Waals surface area contributed by atoms with Crippen LogP contribution >= 0.6 is 0 Å². The molecule has 0 aliphatic carbocycles. The van der Waals surface area contributed by atoms with Crippen molar-refractivity contribution in [3.63, 3.8) is 0 Å². The Labute approximate surface area is 142 Å². The van der Waals surface area contributed by atoms with Crippen LogP contribution in [0.5, 0.6) is 0 Å². The number of halogens is 1. The Balaban J connectivity index is 2.12. The Kier molecular flexibility index (Phi) is 5.25. The highest BCUT2D eigenvalue weighted by Gasteiger charge is 2.37. The minimum atomic E-state index is -3.39. The van der Waals surface area contributed by atoms with Crippen molar-refractivity contribution in [1.82, 2.24) is 9.88 Å². The van der Waals surface area contributed by atoms with E-state index >= 15 is 0 Å². The SMILES string of the molecule is C=C/C(=C\C(=C)N1CCC(F)(C#Cc2ccccn2)C1)S(C)(=O)=O. The minimum absolute atomic E-state index is 0.0380. The molecule has 1 aromatic heterocycles. The Morgan fingerprint density at radius 2 is 2.25 bits per heavy atom. The summed E-state index contributed by atoms with van der Waals surface area (Å²) in [5.41, 5.74) is -0.736. The largest absolute Gasteiger partial charge is 0.368 e. The van der Waals surface area contributed by atoms with E-state index in [0.717, 1.165) is 6.26 Å². The predicted molar refractivity (Wildman–Crippen MR) is 93.4 cm³/mol. The van der Waals surface area contributed by atoms with Crippen LogP contribution in [0.4, 0.5) is 4.39 Å². The van der Waals surface area contributed by atoms with E-state index in [4.69, 9.17) is 0 Å². The summed E-state index contributed by atoms with van der Waals surface area (Å²) >= 11 is 0. The highest BCUT2D eigenvalue weighted by molar-refractivity contribution is 7.94. The van der Waals surface area contributed by atoms with Gasteiger partial charge in [-0.2, -0.15) is 0 Å². The van der Waals surface area contributed by atoms with Crippen LogP contribution in [-0.4, -0.2) is 43.3 Å². The number of pyridine rings is 1. The summed E-state index contributed by atoms with van der Waals surface area (Å²) in [5.74, 6) is 5.38. The van der Waals surface area contributed by atoms with E-state index in [1.54, 1.807) is 29.3 Å². The molecule has 0 saturated carbocycles. The molecule has 6 heteroatoms. The Bertz CT molecular complexity index is 835. The van der Waals surface area contributed by atoms with Gasteiger partial charge in [0.1, 0.15) is 5.69 Å². The molecule has 1 aromatic rings. The highest BCUT2D eigenvalue weighted by atomic mass is 32.2. The van der Waals surface area contributed by atoms with Crippen molar-refractivity contribution in [1.29, 1.82) is 0 Å². The molecule has 0 bridgehead atoms. The third-order valence-electron chi connectivity index (χ3n) is 3.64. The first kappa shape index (κ1) is 18.0. The lowest BCUT2D eigenvalue weighted by atomic mass is 10.1. The molecule has 1 aliphatic heterocycles. The van der Waals surface area contributed by atoms with Crippen LogP contribution in [0.25, 0.3) is 0 Å². The number of aromatic nitrogens is 1. The van der Waals surface area contributed by atoms with E-state index in [2.05, 4.69) is 30.0 Å². The van der Waals surface area contributed by atoms with Gasteiger partial charge in [0.25, 0.3) is 0 Å². The summed E-state index contributed by atoms with van der Waals surface area (Å²) in [6.07, 6.45) is 5.57. The standard InChI is InChI=1S/C18H19FN2O2S/c1-4-17(24(3,22)23)13-15(2)21-12-10-18(19,14-21)9-8-16-7-5-6-11-20-16/h4-7,11,13H,1-2,10,12,14H2,3H3/b17-13+. The second-order valence-corrected chi connectivity index (χ2v) is 7.63. The third-order valence-corrected chi connectivity index (χ3v) is 4.78. The van der Waals surface area contributed by atoms with Gasteiger partial charge in [-0.05, 0) is 24.1 Å². The van der Waals surface area contributed by atoms with Crippen molar-refractivity contribution in [2.45, 2.75) is 12.1 Å². The summed E-state index contributed by atoms with van der Waals surface area (Å²) in [6, 6.07) is 5.27. The maximum Gasteiger partial charge on any atom is 0.190 e. The summed E-state index contributed by atoms with van der Waals surface area (Å²) < 4.78 is 38.0. The molecule has 4 nitrogen and oxygen atoms in total. The van der Waals surface area contributed by atoms with E-state index in [1.165, 1.54) is 12.2 Å². The molecule has 1 atom stereocenters. The average molecular weight is 346 g/mol. The fraction of sp³-hybridized carbons (Fsp3) is 0.278. The average Bonchev–Trinajstić information content (AvgIpc) is 2.93. The number of rotatable bonds is 4. The topological polar surface area (TPSA) is 50.3 Å². The molecule has 1 unspecified atom stereocenters. The molecule has 1 fully saturated rings. The number of likely N-dealkylation sites (tertiary alicyclic amines) is 1. The van der Waals surface area contributed by atoms with Gasteiger partial charge in [0, 0.05) is 31.1 Å². The van der Waals surface area contributed by atoms with Gasteiger partial charge in [-0.15, -0.1) is 0 Å². The van der Waals surface area contributed by atoms with Gasteiger partial charge in [0.05, 0.1) is 11.4 Å². The quantitative estimate of drug-likeness (QED) is 0.621. The summed E-state index contributed by atoms with van der Waals surface area (Å²) in [5, 5.41) is 0. The molecule has 1 saturated heterocycles. The first-order valence-electron chi connectivity index (χ1n) is 7.35. The maximum atomic E-state index is 14.8. The van der Waals surface area contributed by atoms with Gasteiger partial charge in [-0.25, -0.2) is 17.8 Å². The Morgan fingerprint density at radius 3 is 2.83 bits per heavy atom. The lowest BCUT2D eigenvalue weighted by Crippen LogP contribution is -2.26. The first-order chi connectivity index (χ1) is 11.2.